The first-order valence-electron chi connectivity index (χ1n) is 11.5. The van der Waals surface area contributed by atoms with E-state index in [0.717, 1.165) is 47.5 Å². The van der Waals surface area contributed by atoms with Crippen molar-refractivity contribution in [1.29, 1.82) is 0 Å². The van der Waals surface area contributed by atoms with Crippen LogP contribution in [0.5, 0.6) is 5.75 Å². The van der Waals surface area contributed by atoms with Crippen LogP contribution in [0.2, 0.25) is 5.02 Å². The molecule has 5 rings (SSSR count). The van der Waals surface area contributed by atoms with Crippen molar-refractivity contribution in [2.45, 2.75) is 51.2 Å². The number of aromatic nitrogens is 1. The molecule has 1 amide bonds. The molecular formula is C26H25ClN2O4S. The number of benzene rings is 2. The van der Waals surface area contributed by atoms with Crippen molar-refractivity contribution in [3.8, 4) is 27.6 Å². The predicted molar refractivity (Wildman–Crippen MR) is 133 cm³/mol. The lowest BCUT2D eigenvalue weighted by atomic mass is 9.98. The molecule has 176 valence electrons. The number of esters is 1. The highest BCUT2D eigenvalue weighted by atomic mass is 35.5. The summed E-state index contributed by atoms with van der Waals surface area (Å²) in [5.74, 6) is -0.0943. The minimum absolute atomic E-state index is 0.0658. The van der Waals surface area contributed by atoms with Gasteiger partial charge in [0.1, 0.15) is 22.9 Å². The third kappa shape index (κ3) is 4.55. The van der Waals surface area contributed by atoms with Crippen LogP contribution in [-0.4, -0.2) is 35.6 Å². The fourth-order valence-electron chi connectivity index (χ4n) is 4.47. The van der Waals surface area contributed by atoms with Crippen molar-refractivity contribution in [3.63, 3.8) is 0 Å². The maximum absolute atomic E-state index is 12.9. The first-order valence-corrected chi connectivity index (χ1v) is 12.8. The number of anilines is 1. The van der Waals surface area contributed by atoms with E-state index in [4.69, 9.17) is 26.1 Å². The van der Waals surface area contributed by atoms with Gasteiger partial charge in [0, 0.05) is 16.5 Å². The molecule has 0 N–H and O–H groups in total. The number of ether oxygens (including phenoxy) is 2. The Kier molecular flexibility index (Phi) is 6.57. The average molecular weight is 497 g/mol. The molecular weight excluding hydrogens is 472 g/mol. The zero-order chi connectivity index (χ0) is 23.7. The molecule has 6 nitrogen and oxygen atoms in total. The first-order chi connectivity index (χ1) is 16.5. The smallest absolute Gasteiger partial charge is 0.329 e. The lowest BCUT2D eigenvalue weighted by Gasteiger charge is -2.34. The van der Waals surface area contributed by atoms with Gasteiger partial charge in [-0.15, -0.1) is 11.3 Å². The summed E-state index contributed by atoms with van der Waals surface area (Å²) < 4.78 is 11.4. The van der Waals surface area contributed by atoms with Crippen molar-refractivity contribution in [2.24, 2.45) is 0 Å². The van der Waals surface area contributed by atoms with Crippen LogP contribution in [0.25, 0.3) is 21.8 Å². The molecule has 8 heteroatoms. The van der Waals surface area contributed by atoms with E-state index in [-0.39, 0.29) is 24.6 Å². The third-order valence-corrected chi connectivity index (χ3v) is 7.51. The van der Waals surface area contributed by atoms with Crippen molar-refractivity contribution in [3.05, 3.63) is 52.9 Å². The minimum Gasteiger partial charge on any atom is -0.482 e. The summed E-state index contributed by atoms with van der Waals surface area (Å²) in [6.07, 6.45) is 5.01. The van der Waals surface area contributed by atoms with E-state index in [0.29, 0.717) is 16.5 Å². The fraction of sp³-hybridized carbons (Fsp3) is 0.346. The van der Waals surface area contributed by atoms with Gasteiger partial charge >= 0.3 is 5.97 Å². The largest absolute Gasteiger partial charge is 0.482 e. The lowest BCUT2D eigenvalue weighted by Crippen LogP contribution is -2.49. The number of carbonyl (C=O) groups is 2. The first kappa shape index (κ1) is 22.9. The Balaban J connectivity index is 1.42. The van der Waals surface area contributed by atoms with Gasteiger partial charge in [-0.3, -0.25) is 9.69 Å². The van der Waals surface area contributed by atoms with Gasteiger partial charge in [-0.2, -0.15) is 0 Å². The highest BCUT2D eigenvalue weighted by Gasteiger charge is 2.35. The second kappa shape index (κ2) is 9.76. The summed E-state index contributed by atoms with van der Waals surface area (Å²) in [5, 5.41) is 3.41. The number of hydrogen-bond acceptors (Lipinski definition) is 6. The van der Waals surface area contributed by atoms with Crippen LogP contribution in [-0.2, 0) is 14.3 Å². The van der Waals surface area contributed by atoms with Gasteiger partial charge in [-0.1, -0.05) is 36.2 Å². The van der Waals surface area contributed by atoms with Gasteiger partial charge < -0.3 is 9.47 Å². The highest BCUT2D eigenvalue weighted by Crippen LogP contribution is 2.39. The van der Waals surface area contributed by atoms with E-state index in [1.807, 2.05) is 47.8 Å². The fourth-order valence-corrected chi connectivity index (χ4v) is 5.62. The van der Waals surface area contributed by atoms with Crippen LogP contribution < -0.4 is 9.64 Å². The summed E-state index contributed by atoms with van der Waals surface area (Å²) >= 11 is 7.84. The molecule has 1 fully saturated rings. The number of fused-ring (bicyclic) bond motifs is 1. The zero-order valence-electron chi connectivity index (χ0n) is 18.8. The summed E-state index contributed by atoms with van der Waals surface area (Å²) in [6.45, 7) is 1.60. The van der Waals surface area contributed by atoms with E-state index in [1.165, 1.54) is 22.7 Å². The molecule has 1 aliphatic heterocycles. The van der Waals surface area contributed by atoms with Gasteiger partial charge in [-0.25, -0.2) is 9.78 Å². The lowest BCUT2D eigenvalue weighted by molar-refractivity contribution is -0.152. The molecule has 2 heterocycles. The minimum atomic E-state index is -0.749. The van der Waals surface area contributed by atoms with Gasteiger partial charge in [0.15, 0.2) is 6.61 Å². The molecule has 0 radical (unpaired) electrons. The normalized spacial score (nSPS) is 17.1. The summed E-state index contributed by atoms with van der Waals surface area (Å²) in [4.78, 5) is 32.0. The van der Waals surface area contributed by atoms with Crippen LogP contribution in [0.1, 0.15) is 39.0 Å². The summed E-state index contributed by atoms with van der Waals surface area (Å²) in [6, 6.07) is 12.4. The van der Waals surface area contributed by atoms with E-state index in [9.17, 15) is 9.59 Å². The van der Waals surface area contributed by atoms with Gasteiger partial charge in [0.2, 0.25) is 0 Å². The second-order valence-electron chi connectivity index (χ2n) is 8.63. The molecule has 2 aromatic carbocycles. The zero-order valence-corrected chi connectivity index (χ0v) is 20.4. The van der Waals surface area contributed by atoms with Crippen LogP contribution in [0.4, 0.5) is 5.69 Å². The maximum atomic E-state index is 12.9. The SMILES string of the molecule is CC(C(=O)OC1CCCCC1)N1C(=O)COc2ccc(-c3csc(-c4ccccc4Cl)n3)cc21. The molecule has 1 aliphatic carbocycles. The number of amides is 1. The Hall–Kier alpha value is -2.90. The molecule has 0 spiro atoms. The third-order valence-electron chi connectivity index (χ3n) is 6.31. The molecule has 0 bridgehead atoms. The van der Waals surface area contributed by atoms with Crippen molar-refractivity contribution < 1.29 is 19.1 Å². The number of rotatable bonds is 5. The number of hydrogen-bond donors (Lipinski definition) is 0. The molecule has 0 saturated heterocycles. The maximum Gasteiger partial charge on any atom is 0.329 e. The highest BCUT2D eigenvalue weighted by molar-refractivity contribution is 7.13. The molecule has 1 atom stereocenters. The quantitative estimate of drug-likeness (QED) is 0.398. The molecule has 2 aliphatic rings. The summed E-state index contributed by atoms with van der Waals surface area (Å²) in [5.41, 5.74) is 3.01. The number of thiazole rings is 1. The van der Waals surface area contributed by atoms with Crippen LogP contribution in [0.3, 0.4) is 0 Å². The topological polar surface area (TPSA) is 68.7 Å². The van der Waals surface area contributed by atoms with Crippen molar-refractivity contribution >= 4 is 40.5 Å². The molecule has 34 heavy (non-hydrogen) atoms. The van der Waals surface area contributed by atoms with Crippen molar-refractivity contribution in [1.82, 2.24) is 4.98 Å². The van der Waals surface area contributed by atoms with Gasteiger partial charge in [-0.05, 0) is 56.9 Å². The van der Waals surface area contributed by atoms with Crippen molar-refractivity contribution in [2.75, 3.05) is 11.5 Å². The predicted octanol–water partition coefficient (Wildman–Crippen LogP) is 6.12. The molecule has 1 aromatic heterocycles. The molecule has 3 aromatic rings. The Labute approximate surface area is 207 Å². The van der Waals surface area contributed by atoms with Gasteiger partial charge in [0.25, 0.3) is 5.91 Å². The monoisotopic (exact) mass is 496 g/mol. The summed E-state index contributed by atoms with van der Waals surface area (Å²) in [7, 11) is 0. The number of carbonyl (C=O) groups excluding carboxylic acids is 2. The standard InChI is InChI=1S/C26H25ClN2O4S/c1-16(26(31)33-18-7-3-2-4-8-18)29-22-13-17(11-12-23(22)32-14-24(29)30)21-15-34-25(28-21)19-9-5-6-10-20(19)27/h5-6,9-13,15-16,18H,2-4,7-8,14H2,1H3. The Morgan fingerprint density at radius 1 is 1.21 bits per heavy atom. The van der Waals surface area contributed by atoms with E-state index >= 15 is 0 Å². The number of nitrogens with zero attached hydrogens (tertiary/aromatic N) is 2. The van der Waals surface area contributed by atoms with Gasteiger partial charge in [0.05, 0.1) is 16.4 Å². The van der Waals surface area contributed by atoms with E-state index < -0.39 is 6.04 Å². The van der Waals surface area contributed by atoms with Crippen LogP contribution >= 0.6 is 22.9 Å². The average Bonchev–Trinajstić information content (AvgIpc) is 3.34. The Morgan fingerprint density at radius 3 is 2.79 bits per heavy atom. The van der Waals surface area contributed by atoms with Crippen LogP contribution in [0.15, 0.2) is 47.8 Å². The van der Waals surface area contributed by atoms with E-state index in [1.54, 1.807) is 6.92 Å². The Bertz CT molecular complexity index is 1220. The second-order valence-corrected chi connectivity index (χ2v) is 9.89. The molecule has 1 unspecified atom stereocenters. The van der Waals surface area contributed by atoms with E-state index in [2.05, 4.69) is 0 Å². The van der Waals surface area contributed by atoms with Crippen LogP contribution in [0, 0.1) is 0 Å². The molecule has 1 saturated carbocycles. The Morgan fingerprint density at radius 2 is 2.00 bits per heavy atom. The number of halogens is 1.